The fourth-order valence-electron chi connectivity index (χ4n) is 2.86. The first-order valence-corrected chi connectivity index (χ1v) is 11.7. The molecular weight excluding hydrogens is 523 g/mol. The van der Waals surface area contributed by atoms with Crippen LogP contribution in [0.4, 0.5) is 11.4 Å². The number of hydrogen-bond donors (Lipinski definition) is 2. The maximum absolute atomic E-state index is 12.7. The Balaban J connectivity index is 1.66. The number of thioether (sulfide) groups is 1. The van der Waals surface area contributed by atoms with Crippen molar-refractivity contribution in [1.82, 2.24) is 0 Å². The molecule has 7 heteroatoms. The van der Waals surface area contributed by atoms with Crippen LogP contribution < -0.4 is 15.4 Å². The summed E-state index contributed by atoms with van der Waals surface area (Å²) in [6, 6.07) is 22.2. The average molecular weight is 546 g/mol. The van der Waals surface area contributed by atoms with Gasteiger partial charge < -0.3 is 15.4 Å². The van der Waals surface area contributed by atoms with Crippen LogP contribution in [0.3, 0.4) is 0 Å². The Kier molecular flexibility index (Phi) is 8.36. The predicted molar refractivity (Wildman–Crippen MR) is 135 cm³/mol. The molecule has 1 atom stereocenters. The summed E-state index contributed by atoms with van der Waals surface area (Å²) in [5.41, 5.74) is 1.97. The summed E-state index contributed by atoms with van der Waals surface area (Å²) in [6.07, 6.45) is 0.682. The number of methoxy groups -OCH3 is 1. The van der Waals surface area contributed by atoms with Gasteiger partial charge in [-0.15, -0.1) is 11.8 Å². The Morgan fingerprint density at radius 3 is 2.42 bits per heavy atom. The molecule has 0 aromatic heterocycles. The number of amides is 2. The molecule has 0 fully saturated rings. The van der Waals surface area contributed by atoms with Crippen LogP contribution >= 0.6 is 34.4 Å². The van der Waals surface area contributed by atoms with E-state index in [1.54, 1.807) is 31.4 Å². The second kappa shape index (κ2) is 11.2. The van der Waals surface area contributed by atoms with E-state index in [1.807, 2.05) is 55.5 Å². The molecule has 0 aliphatic heterocycles. The Morgan fingerprint density at radius 1 is 0.968 bits per heavy atom. The van der Waals surface area contributed by atoms with Crippen molar-refractivity contribution >= 4 is 57.5 Å². The maximum atomic E-state index is 12.7. The molecule has 0 bridgehead atoms. The second-order valence-electron chi connectivity index (χ2n) is 6.72. The predicted octanol–water partition coefficient (Wildman–Crippen LogP) is 6.06. The number of benzene rings is 3. The van der Waals surface area contributed by atoms with Gasteiger partial charge in [-0.3, -0.25) is 9.59 Å². The van der Waals surface area contributed by atoms with Gasteiger partial charge in [0.1, 0.15) is 5.75 Å². The van der Waals surface area contributed by atoms with E-state index in [2.05, 4.69) is 33.2 Å². The van der Waals surface area contributed by atoms with Crippen LogP contribution in [0.25, 0.3) is 0 Å². The molecule has 1 unspecified atom stereocenters. The molecule has 3 rings (SSSR count). The van der Waals surface area contributed by atoms with Gasteiger partial charge in [0.05, 0.1) is 12.4 Å². The lowest BCUT2D eigenvalue weighted by Crippen LogP contribution is -2.24. The molecule has 0 heterocycles. The van der Waals surface area contributed by atoms with Crippen LogP contribution in [0.1, 0.15) is 23.7 Å². The van der Waals surface area contributed by atoms with Crippen molar-refractivity contribution in [3.8, 4) is 5.75 Å². The number of halogens is 1. The number of hydrogen-bond acceptors (Lipinski definition) is 4. The van der Waals surface area contributed by atoms with Crippen LogP contribution in [0.5, 0.6) is 5.75 Å². The molecule has 160 valence electrons. The van der Waals surface area contributed by atoms with E-state index >= 15 is 0 Å². The zero-order valence-electron chi connectivity index (χ0n) is 17.2. The van der Waals surface area contributed by atoms with Gasteiger partial charge in [-0.1, -0.05) is 19.1 Å². The van der Waals surface area contributed by atoms with Crippen molar-refractivity contribution in [2.45, 2.75) is 23.5 Å². The SMILES string of the molecule is CCC(Sc1cccc(NC(=O)c2cccc(OC)c2)c1)C(=O)Nc1ccc(I)cc1. The summed E-state index contributed by atoms with van der Waals surface area (Å²) in [5, 5.41) is 5.63. The lowest BCUT2D eigenvalue weighted by molar-refractivity contribution is -0.115. The summed E-state index contributed by atoms with van der Waals surface area (Å²) in [6.45, 7) is 1.99. The number of carbonyl (C=O) groups is 2. The third-order valence-electron chi connectivity index (χ3n) is 4.48. The topological polar surface area (TPSA) is 67.4 Å². The van der Waals surface area contributed by atoms with Crippen molar-refractivity contribution in [3.63, 3.8) is 0 Å². The molecule has 2 N–H and O–H groups in total. The molecule has 31 heavy (non-hydrogen) atoms. The molecule has 5 nitrogen and oxygen atoms in total. The first-order chi connectivity index (χ1) is 15.0. The Hall–Kier alpha value is -2.52. The van der Waals surface area contributed by atoms with Gasteiger partial charge in [0.25, 0.3) is 5.91 Å². The van der Waals surface area contributed by atoms with Crippen LogP contribution in [0, 0.1) is 3.57 Å². The van der Waals surface area contributed by atoms with Gasteiger partial charge in [0.2, 0.25) is 5.91 Å². The fourth-order valence-corrected chi connectivity index (χ4v) is 4.23. The van der Waals surface area contributed by atoms with Crippen LogP contribution in [0.15, 0.2) is 77.7 Å². The van der Waals surface area contributed by atoms with Crippen molar-refractivity contribution in [1.29, 1.82) is 0 Å². The van der Waals surface area contributed by atoms with E-state index in [4.69, 9.17) is 4.74 Å². The summed E-state index contributed by atoms with van der Waals surface area (Å²) in [5.74, 6) is 0.367. The van der Waals surface area contributed by atoms with Crippen molar-refractivity contribution in [2.75, 3.05) is 17.7 Å². The summed E-state index contributed by atoms with van der Waals surface area (Å²) in [4.78, 5) is 26.2. The normalized spacial score (nSPS) is 11.5. The monoisotopic (exact) mass is 546 g/mol. The number of carbonyl (C=O) groups excluding carboxylic acids is 2. The second-order valence-corrected chi connectivity index (χ2v) is 9.25. The zero-order valence-corrected chi connectivity index (χ0v) is 20.2. The molecule has 3 aromatic rings. The van der Waals surface area contributed by atoms with Crippen molar-refractivity contribution in [3.05, 3.63) is 81.9 Å². The van der Waals surface area contributed by atoms with Gasteiger partial charge >= 0.3 is 0 Å². The summed E-state index contributed by atoms with van der Waals surface area (Å²) in [7, 11) is 1.57. The van der Waals surface area contributed by atoms with E-state index in [9.17, 15) is 9.59 Å². The minimum atomic E-state index is -0.247. The number of nitrogens with one attached hydrogen (secondary N) is 2. The van der Waals surface area contributed by atoms with Crippen LogP contribution in [0.2, 0.25) is 0 Å². The number of ether oxygens (including phenoxy) is 1. The van der Waals surface area contributed by atoms with Crippen LogP contribution in [-0.2, 0) is 4.79 Å². The molecule has 0 aliphatic rings. The van der Waals surface area contributed by atoms with E-state index < -0.39 is 0 Å². The van der Waals surface area contributed by atoms with Crippen molar-refractivity contribution in [2.24, 2.45) is 0 Å². The van der Waals surface area contributed by atoms with Crippen LogP contribution in [-0.4, -0.2) is 24.2 Å². The molecule has 0 saturated heterocycles. The van der Waals surface area contributed by atoms with Crippen molar-refractivity contribution < 1.29 is 14.3 Å². The van der Waals surface area contributed by atoms with Gasteiger partial charge in [0.15, 0.2) is 0 Å². The Bertz CT molecular complexity index is 1060. The average Bonchev–Trinajstić information content (AvgIpc) is 2.79. The minimum absolute atomic E-state index is 0.0421. The summed E-state index contributed by atoms with van der Waals surface area (Å²) < 4.78 is 6.30. The summed E-state index contributed by atoms with van der Waals surface area (Å²) >= 11 is 3.71. The molecule has 0 spiro atoms. The molecule has 3 aromatic carbocycles. The highest BCUT2D eigenvalue weighted by molar-refractivity contribution is 14.1. The largest absolute Gasteiger partial charge is 0.497 e. The smallest absolute Gasteiger partial charge is 0.255 e. The molecule has 2 amide bonds. The number of anilines is 2. The zero-order chi connectivity index (χ0) is 22.2. The van der Waals surface area contributed by atoms with E-state index in [-0.39, 0.29) is 17.1 Å². The van der Waals surface area contributed by atoms with Gasteiger partial charge in [-0.2, -0.15) is 0 Å². The van der Waals surface area contributed by atoms with Gasteiger partial charge in [-0.05, 0) is 89.7 Å². The van der Waals surface area contributed by atoms with E-state index in [0.29, 0.717) is 23.4 Å². The third kappa shape index (κ3) is 6.73. The van der Waals surface area contributed by atoms with E-state index in [1.165, 1.54) is 11.8 Å². The highest BCUT2D eigenvalue weighted by atomic mass is 127. The standard InChI is InChI=1S/C24H23IN2O3S/c1-3-22(24(29)26-18-12-10-17(25)11-13-18)31-21-9-5-7-19(15-21)27-23(28)16-6-4-8-20(14-16)30-2/h4-15,22H,3H2,1-2H3,(H,26,29)(H,27,28). The Morgan fingerprint density at radius 2 is 1.71 bits per heavy atom. The third-order valence-corrected chi connectivity index (χ3v) is 6.55. The van der Waals surface area contributed by atoms with E-state index in [0.717, 1.165) is 14.2 Å². The highest BCUT2D eigenvalue weighted by Gasteiger charge is 2.18. The lowest BCUT2D eigenvalue weighted by atomic mass is 10.2. The maximum Gasteiger partial charge on any atom is 0.255 e. The minimum Gasteiger partial charge on any atom is -0.497 e. The quantitative estimate of drug-likeness (QED) is 0.266. The van der Waals surface area contributed by atoms with Gasteiger partial charge in [0, 0.05) is 25.4 Å². The first kappa shape index (κ1) is 23.1. The molecular formula is C24H23IN2O3S. The number of rotatable bonds is 8. The molecule has 0 aliphatic carbocycles. The Labute approximate surface area is 200 Å². The first-order valence-electron chi connectivity index (χ1n) is 9.77. The highest BCUT2D eigenvalue weighted by Crippen LogP contribution is 2.29. The molecule has 0 radical (unpaired) electrons. The lowest BCUT2D eigenvalue weighted by Gasteiger charge is -2.15. The molecule has 0 saturated carbocycles. The fraction of sp³-hybridized carbons (Fsp3) is 0.167. The van der Waals surface area contributed by atoms with Gasteiger partial charge in [-0.25, -0.2) is 0 Å².